The van der Waals surface area contributed by atoms with Crippen molar-refractivity contribution in [3.8, 4) is 22.6 Å². The van der Waals surface area contributed by atoms with Gasteiger partial charge in [0.05, 0.1) is 7.11 Å². The Morgan fingerprint density at radius 1 is 0.739 bits per heavy atom. The van der Waals surface area contributed by atoms with Crippen LogP contribution in [0, 0.1) is 41.5 Å². The predicted octanol–water partition coefficient (Wildman–Crippen LogP) is 4.54. The summed E-state index contributed by atoms with van der Waals surface area (Å²) in [6, 6.07) is 4.33. The van der Waals surface area contributed by atoms with Gasteiger partial charge in [0.25, 0.3) is 0 Å². The molecule has 3 nitrogen and oxygen atoms in total. The minimum absolute atomic E-state index is 0.305. The molecule has 124 valence electrons. The van der Waals surface area contributed by atoms with Crippen LogP contribution in [0.15, 0.2) is 12.1 Å². The van der Waals surface area contributed by atoms with E-state index < -0.39 is 0 Å². The van der Waals surface area contributed by atoms with Gasteiger partial charge < -0.3 is 14.6 Å². The summed E-state index contributed by atoms with van der Waals surface area (Å²) in [4.78, 5) is 0. The first kappa shape index (κ1) is 17.4. The highest BCUT2D eigenvalue weighted by Gasteiger charge is 2.17. The van der Waals surface area contributed by atoms with Crippen LogP contribution in [0.5, 0.6) is 11.5 Å². The molecule has 0 fully saturated rings. The van der Waals surface area contributed by atoms with Crippen LogP contribution < -0.4 is 9.47 Å². The van der Waals surface area contributed by atoms with Crippen molar-refractivity contribution in [2.24, 2.45) is 0 Å². The Hall–Kier alpha value is -2.00. The largest absolute Gasteiger partial charge is 0.496 e. The van der Waals surface area contributed by atoms with E-state index in [4.69, 9.17) is 14.6 Å². The molecule has 2 aromatic carbocycles. The van der Waals surface area contributed by atoms with Gasteiger partial charge in [-0.25, -0.2) is 0 Å². The number of hydrogen-bond acceptors (Lipinski definition) is 3. The first-order valence-corrected chi connectivity index (χ1v) is 7.83. The van der Waals surface area contributed by atoms with Gasteiger partial charge in [-0.2, -0.15) is 0 Å². The summed E-state index contributed by atoms with van der Waals surface area (Å²) in [5, 5.41) is 9.08. The number of hydrogen-bond donors (Lipinski definition) is 1. The van der Waals surface area contributed by atoms with E-state index in [1.807, 2.05) is 13.8 Å². The summed E-state index contributed by atoms with van der Waals surface area (Å²) in [6.07, 6.45) is 0. The summed E-state index contributed by atoms with van der Waals surface area (Å²) in [5.41, 5.74) is 9.24. The Bertz CT molecular complexity index is 746. The van der Waals surface area contributed by atoms with Crippen LogP contribution in [0.3, 0.4) is 0 Å². The van der Waals surface area contributed by atoms with Crippen molar-refractivity contribution < 1.29 is 14.6 Å². The summed E-state index contributed by atoms with van der Waals surface area (Å²) in [7, 11) is 1.72. The molecule has 0 unspecified atom stereocenters. The highest BCUT2D eigenvalue weighted by atomic mass is 16.6. The molecule has 0 aromatic heterocycles. The third-order valence-corrected chi connectivity index (χ3v) is 4.76. The Morgan fingerprint density at radius 2 is 1.17 bits per heavy atom. The number of rotatable bonds is 4. The molecule has 0 aliphatic rings. The Balaban J connectivity index is 2.73. The third-order valence-electron chi connectivity index (χ3n) is 4.76. The van der Waals surface area contributed by atoms with Gasteiger partial charge in [0.1, 0.15) is 11.5 Å². The van der Waals surface area contributed by atoms with E-state index in [-0.39, 0.29) is 6.79 Å². The van der Waals surface area contributed by atoms with Crippen molar-refractivity contribution in [3.05, 3.63) is 45.5 Å². The fourth-order valence-electron chi connectivity index (χ4n) is 3.28. The van der Waals surface area contributed by atoms with E-state index in [0.717, 1.165) is 28.2 Å². The fraction of sp³-hybridized carbons (Fsp3) is 0.400. The van der Waals surface area contributed by atoms with Crippen LogP contribution in [0.25, 0.3) is 11.1 Å². The molecule has 0 saturated heterocycles. The lowest BCUT2D eigenvalue weighted by molar-refractivity contribution is 0.0971. The molecule has 0 radical (unpaired) electrons. The van der Waals surface area contributed by atoms with Crippen molar-refractivity contribution in [1.82, 2.24) is 0 Å². The monoisotopic (exact) mass is 314 g/mol. The van der Waals surface area contributed by atoms with Gasteiger partial charge in [-0.1, -0.05) is 0 Å². The maximum absolute atomic E-state index is 9.08. The van der Waals surface area contributed by atoms with E-state index in [2.05, 4.69) is 39.8 Å². The van der Waals surface area contributed by atoms with Crippen molar-refractivity contribution in [2.75, 3.05) is 13.9 Å². The van der Waals surface area contributed by atoms with Crippen molar-refractivity contribution in [1.29, 1.82) is 0 Å². The molecule has 0 heterocycles. The fourth-order valence-corrected chi connectivity index (χ4v) is 3.28. The number of aryl methyl sites for hydroxylation is 2. The lowest BCUT2D eigenvalue weighted by Gasteiger charge is -2.20. The lowest BCUT2D eigenvalue weighted by atomic mass is 9.88. The SMILES string of the molecule is COc1c(C)cc(-c2cc(C)c(OCO)c(C)c2C)c(C)c1C. The lowest BCUT2D eigenvalue weighted by Crippen LogP contribution is -2.03. The van der Waals surface area contributed by atoms with Gasteiger partial charge in [-0.05, 0) is 98.2 Å². The predicted molar refractivity (Wildman–Crippen MR) is 94.6 cm³/mol. The number of methoxy groups -OCH3 is 1. The van der Waals surface area contributed by atoms with Gasteiger partial charge in [0, 0.05) is 0 Å². The minimum atomic E-state index is -0.305. The molecule has 23 heavy (non-hydrogen) atoms. The van der Waals surface area contributed by atoms with Gasteiger partial charge in [0.2, 0.25) is 0 Å². The molecule has 0 amide bonds. The molecule has 2 aromatic rings. The molecular weight excluding hydrogens is 288 g/mol. The average molecular weight is 314 g/mol. The van der Waals surface area contributed by atoms with Crippen LogP contribution in [0.2, 0.25) is 0 Å². The van der Waals surface area contributed by atoms with Gasteiger partial charge >= 0.3 is 0 Å². The third kappa shape index (κ3) is 2.93. The summed E-state index contributed by atoms with van der Waals surface area (Å²) < 4.78 is 10.9. The van der Waals surface area contributed by atoms with Gasteiger partial charge in [-0.15, -0.1) is 0 Å². The van der Waals surface area contributed by atoms with Crippen LogP contribution >= 0.6 is 0 Å². The molecule has 2 rings (SSSR count). The zero-order valence-corrected chi connectivity index (χ0v) is 15.1. The van der Waals surface area contributed by atoms with E-state index in [0.29, 0.717) is 0 Å². The maximum atomic E-state index is 9.08. The van der Waals surface area contributed by atoms with Crippen LogP contribution in [0.1, 0.15) is 33.4 Å². The number of benzene rings is 2. The molecule has 0 aliphatic carbocycles. The molecule has 0 atom stereocenters. The number of ether oxygens (including phenoxy) is 2. The van der Waals surface area contributed by atoms with Crippen LogP contribution in [-0.2, 0) is 0 Å². The normalized spacial score (nSPS) is 10.8. The molecule has 1 N–H and O–H groups in total. The number of aliphatic hydroxyl groups excluding tert-OH is 1. The van der Waals surface area contributed by atoms with E-state index in [1.165, 1.54) is 27.8 Å². The van der Waals surface area contributed by atoms with E-state index in [1.54, 1.807) is 7.11 Å². The quantitative estimate of drug-likeness (QED) is 0.842. The second kappa shape index (κ2) is 6.63. The summed E-state index contributed by atoms with van der Waals surface area (Å²) in [5.74, 6) is 1.73. The Labute approximate surface area is 138 Å². The van der Waals surface area contributed by atoms with Crippen molar-refractivity contribution in [2.45, 2.75) is 41.5 Å². The Kier molecular flexibility index (Phi) is 5.00. The first-order valence-electron chi connectivity index (χ1n) is 7.83. The van der Waals surface area contributed by atoms with Crippen molar-refractivity contribution in [3.63, 3.8) is 0 Å². The average Bonchev–Trinajstić information content (AvgIpc) is 2.51. The molecule has 0 bridgehead atoms. The van der Waals surface area contributed by atoms with Crippen LogP contribution in [-0.4, -0.2) is 19.0 Å². The molecule has 0 saturated carbocycles. The standard InChI is InChI=1S/C20H26O3/c1-11-8-17(13(3)15(5)19(11)22-7)18-9-12(2)20(23-10-21)16(6)14(18)4/h8-9,21H,10H2,1-7H3. The number of aliphatic hydroxyl groups is 1. The highest BCUT2D eigenvalue weighted by Crippen LogP contribution is 2.39. The minimum Gasteiger partial charge on any atom is -0.496 e. The van der Waals surface area contributed by atoms with Gasteiger partial charge in [0.15, 0.2) is 6.79 Å². The second-order valence-electron chi connectivity index (χ2n) is 6.12. The molecule has 3 heteroatoms. The maximum Gasteiger partial charge on any atom is 0.186 e. The van der Waals surface area contributed by atoms with Gasteiger partial charge in [-0.3, -0.25) is 0 Å². The highest BCUT2D eigenvalue weighted by molar-refractivity contribution is 5.77. The zero-order valence-electron chi connectivity index (χ0n) is 15.1. The Morgan fingerprint density at radius 3 is 1.61 bits per heavy atom. The molecule has 0 aliphatic heterocycles. The first-order chi connectivity index (χ1) is 10.8. The van der Waals surface area contributed by atoms with Crippen LogP contribution in [0.4, 0.5) is 0 Å². The molecule has 0 spiro atoms. The van der Waals surface area contributed by atoms with E-state index in [9.17, 15) is 0 Å². The van der Waals surface area contributed by atoms with E-state index >= 15 is 0 Å². The topological polar surface area (TPSA) is 38.7 Å². The summed E-state index contributed by atoms with van der Waals surface area (Å²) in [6.45, 7) is 12.2. The smallest absolute Gasteiger partial charge is 0.186 e. The molecular formula is C20H26O3. The van der Waals surface area contributed by atoms with Crippen molar-refractivity contribution >= 4 is 0 Å². The zero-order chi connectivity index (χ0) is 17.3. The summed E-state index contributed by atoms with van der Waals surface area (Å²) >= 11 is 0. The second-order valence-corrected chi connectivity index (χ2v) is 6.12.